The summed E-state index contributed by atoms with van der Waals surface area (Å²) in [5.74, 6) is 0.0168. The van der Waals surface area contributed by atoms with Crippen LogP contribution in [0.2, 0.25) is 0 Å². The van der Waals surface area contributed by atoms with E-state index in [-0.39, 0.29) is 16.7 Å². The monoisotopic (exact) mass is 558 g/mol. The van der Waals surface area contributed by atoms with E-state index >= 15 is 0 Å². The Balaban J connectivity index is 1.37. The van der Waals surface area contributed by atoms with Gasteiger partial charge in [-0.25, -0.2) is 8.42 Å². The number of carbonyl (C=O) groups is 2. The second kappa shape index (κ2) is 11.5. The molecule has 2 fully saturated rings. The molecule has 3 aliphatic rings. The second-order valence-corrected chi connectivity index (χ2v) is 13.9. The van der Waals surface area contributed by atoms with Gasteiger partial charge in [0.1, 0.15) is 5.00 Å². The van der Waals surface area contributed by atoms with Gasteiger partial charge in [-0.2, -0.15) is 4.31 Å². The number of nitrogens with zero attached hydrogens (tertiary/aromatic N) is 3. The predicted molar refractivity (Wildman–Crippen MR) is 150 cm³/mol. The molecule has 2 saturated heterocycles. The zero-order valence-corrected chi connectivity index (χ0v) is 24.0. The summed E-state index contributed by atoms with van der Waals surface area (Å²) >= 11 is 1.50. The van der Waals surface area contributed by atoms with Crippen LogP contribution in [-0.4, -0.2) is 73.6 Å². The molecule has 0 spiro atoms. The van der Waals surface area contributed by atoms with Gasteiger partial charge in [-0.05, 0) is 80.8 Å². The lowest BCUT2D eigenvalue weighted by molar-refractivity contribution is 0.0792. The van der Waals surface area contributed by atoms with E-state index in [1.54, 1.807) is 16.4 Å². The van der Waals surface area contributed by atoms with Crippen LogP contribution in [0.3, 0.4) is 0 Å². The molecule has 0 aliphatic carbocycles. The first-order chi connectivity index (χ1) is 18.3. The highest BCUT2D eigenvalue weighted by Crippen LogP contribution is 2.38. The maximum Gasteiger partial charge on any atom is 0.257 e. The van der Waals surface area contributed by atoms with E-state index in [1.165, 1.54) is 23.5 Å². The quantitative estimate of drug-likeness (QED) is 0.543. The van der Waals surface area contributed by atoms with E-state index < -0.39 is 10.0 Å². The van der Waals surface area contributed by atoms with Gasteiger partial charge < -0.3 is 10.2 Å². The molecule has 1 atom stereocenters. The number of hydrogen-bond acceptors (Lipinski definition) is 6. The lowest BCUT2D eigenvalue weighted by Gasteiger charge is -2.30. The molecule has 1 unspecified atom stereocenters. The molecule has 1 N–H and O–H groups in total. The van der Waals surface area contributed by atoms with Crippen LogP contribution in [0, 0.1) is 5.92 Å². The molecule has 1 aromatic carbocycles. The molecule has 38 heavy (non-hydrogen) atoms. The van der Waals surface area contributed by atoms with Crippen molar-refractivity contribution < 1.29 is 18.0 Å². The molecule has 0 bridgehead atoms. The molecular formula is C28H38N4O4S2. The molecule has 2 aromatic rings. The van der Waals surface area contributed by atoms with Gasteiger partial charge in [0.15, 0.2) is 0 Å². The lowest BCUT2D eigenvalue weighted by atomic mass is 10.0. The summed E-state index contributed by atoms with van der Waals surface area (Å²) in [6, 6.07) is 6.16. The Labute approximate surface area is 230 Å². The Morgan fingerprint density at radius 3 is 2.47 bits per heavy atom. The summed E-state index contributed by atoms with van der Waals surface area (Å²) in [5.41, 5.74) is 2.09. The Hall–Kier alpha value is -2.27. The van der Waals surface area contributed by atoms with Crippen LogP contribution < -0.4 is 5.32 Å². The summed E-state index contributed by atoms with van der Waals surface area (Å²) in [6.45, 7) is 9.53. The van der Waals surface area contributed by atoms with Gasteiger partial charge in [0.25, 0.3) is 11.8 Å². The number of piperidine rings is 1. The predicted octanol–water partition coefficient (Wildman–Crippen LogP) is 4.43. The first kappa shape index (κ1) is 27.3. The fourth-order valence-corrected chi connectivity index (χ4v) is 8.70. The van der Waals surface area contributed by atoms with E-state index in [9.17, 15) is 18.0 Å². The number of nitrogens with one attached hydrogen (secondary N) is 1. The van der Waals surface area contributed by atoms with E-state index in [0.29, 0.717) is 35.1 Å². The molecule has 1 aromatic heterocycles. The van der Waals surface area contributed by atoms with Crippen LogP contribution >= 0.6 is 11.3 Å². The molecule has 3 aliphatic heterocycles. The number of fused-ring (bicyclic) bond motifs is 1. The van der Waals surface area contributed by atoms with Crippen LogP contribution in [0.4, 0.5) is 5.00 Å². The van der Waals surface area contributed by atoms with Crippen LogP contribution in [0.15, 0.2) is 29.2 Å². The molecule has 4 heterocycles. The number of likely N-dealkylation sites (tertiary alicyclic amines) is 1. The van der Waals surface area contributed by atoms with E-state index in [0.717, 1.165) is 81.7 Å². The number of anilines is 1. The third-order valence-corrected chi connectivity index (χ3v) is 10.9. The average Bonchev–Trinajstić information content (AvgIpc) is 3.57. The van der Waals surface area contributed by atoms with E-state index in [2.05, 4.69) is 24.1 Å². The largest absolute Gasteiger partial charge is 0.339 e. The Bertz CT molecular complexity index is 1280. The zero-order valence-electron chi connectivity index (χ0n) is 22.4. The average molecular weight is 559 g/mol. The number of rotatable bonds is 7. The van der Waals surface area contributed by atoms with Crippen molar-refractivity contribution in [2.24, 2.45) is 5.92 Å². The summed E-state index contributed by atoms with van der Waals surface area (Å²) in [6.07, 6.45) is 5.80. The van der Waals surface area contributed by atoms with Crippen molar-refractivity contribution in [2.45, 2.75) is 63.8 Å². The minimum atomic E-state index is -3.59. The summed E-state index contributed by atoms with van der Waals surface area (Å²) < 4.78 is 27.8. The smallest absolute Gasteiger partial charge is 0.257 e. The van der Waals surface area contributed by atoms with Gasteiger partial charge in [0.2, 0.25) is 10.0 Å². The van der Waals surface area contributed by atoms with Crippen LogP contribution in [-0.2, 0) is 23.0 Å². The fourth-order valence-electron chi connectivity index (χ4n) is 5.82. The van der Waals surface area contributed by atoms with Gasteiger partial charge in [0, 0.05) is 49.7 Å². The highest BCUT2D eigenvalue weighted by molar-refractivity contribution is 7.89. The fraction of sp³-hybridized carbons (Fsp3) is 0.571. The molecule has 0 radical (unpaired) electrons. The zero-order chi connectivity index (χ0) is 26.9. The van der Waals surface area contributed by atoms with Gasteiger partial charge in [-0.1, -0.05) is 13.8 Å². The maximum absolute atomic E-state index is 13.6. The molecule has 2 amide bonds. The molecule has 5 rings (SSSR count). The van der Waals surface area contributed by atoms with Gasteiger partial charge >= 0.3 is 0 Å². The van der Waals surface area contributed by atoms with E-state index in [4.69, 9.17) is 0 Å². The van der Waals surface area contributed by atoms with Crippen LogP contribution in [0.5, 0.6) is 0 Å². The van der Waals surface area contributed by atoms with Crippen molar-refractivity contribution in [2.75, 3.05) is 44.6 Å². The summed E-state index contributed by atoms with van der Waals surface area (Å²) in [7, 11) is -3.59. The first-order valence-corrected chi connectivity index (χ1v) is 16.1. The molecule has 10 heteroatoms. The summed E-state index contributed by atoms with van der Waals surface area (Å²) in [5, 5.41) is 3.62. The first-order valence-electron chi connectivity index (χ1n) is 13.9. The standard InChI is InChI=1S/C28H38N4O4S2/c1-3-13-30-17-12-23-24(19-30)37-27(25(23)28(34)31-14-4-5-15-31)29-26(33)21-8-10-22(11-9-21)38(35,36)32-16-6-7-20(2)18-32/h8-11,20H,3-7,12-19H2,1-2H3,(H,29,33). The minimum absolute atomic E-state index is 0.0106. The Morgan fingerprint density at radius 2 is 1.79 bits per heavy atom. The van der Waals surface area contributed by atoms with E-state index in [1.807, 2.05) is 4.90 Å². The lowest BCUT2D eigenvalue weighted by Crippen LogP contribution is -2.39. The molecular weight excluding hydrogens is 520 g/mol. The van der Waals surface area contributed by atoms with Gasteiger partial charge in [-0.15, -0.1) is 11.3 Å². The van der Waals surface area contributed by atoms with Gasteiger partial charge in [0.05, 0.1) is 10.5 Å². The highest BCUT2D eigenvalue weighted by Gasteiger charge is 2.32. The second-order valence-electron chi connectivity index (χ2n) is 10.8. The van der Waals surface area contributed by atoms with Crippen molar-refractivity contribution in [1.29, 1.82) is 0 Å². The SMILES string of the molecule is CCCN1CCc2c(sc(NC(=O)c3ccc(S(=O)(=O)N4CCCC(C)C4)cc3)c2C(=O)N2CCCC2)C1. The minimum Gasteiger partial charge on any atom is -0.339 e. The van der Waals surface area contributed by atoms with Crippen molar-refractivity contribution in [1.82, 2.24) is 14.1 Å². The Morgan fingerprint density at radius 1 is 1.05 bits per heavy atom. The van der Waals surface area contributed by atoms with Crippen LogP contribution in [0.1, 0.15) is 77.1 Å². The van der Waals surface area contributed by atoms with Crippen molar-refractivity contribution >= 4 is 38.2 Å². The van der Waals surface area contributed by atoms with Crippen molar-refractivity contribution in [3.05, 3.63) is 45.8 Å². The summed E-state index contributed by atoms with van der Waals surface area (Å²) in [4.78, 5) is 32.5. The number of carbonyl (C=O) groups excluding carboxylic acids is 2. The van der Waals surface area contributed by atoms with Crippen molar-refractivity contribution in [3.63, 3.8) is 0 Å². The third kappa shape index (κ3) is 5.54. The third-order valence-electron chi connectivity index (χ3n) is 7.88. The topological polar surface area (TPSA) is 90.0 Å². The number of hydrogen-bond donors (Lipinski definition) is 1. The normalized spacial score (nSPS) is 20.9. The van der Waals surface area contributed by atoms with Crippen LogP contribution in [0.25, 0.3) is 0 Å². The molecule has 8 nitrogen and oxygen atoms in total. The van der Waals surface area contributed by atoms with Crippen molar-refractivity contribution in [3.8, 4) is 0 Å². The molecule has 0 saturated carbocycles. The van der Waals surface area contributed by atoms with Gasteiger partial charge in [-0.3, -0.25) is 14.5 Å². The molecule has 206 valence electrons. The number of thiophene rings is 1. The highest BCUT2D eigenvalue weighted by atomic mass is 32.2. The maximum atomic E-state index is 13.6. The number of sulfonamides is 1. The number of amides is 2. The number of benzene rings is 1. The Kier molecular flexibility index (Phi) is 8.23.